The van der Waals surface area contributed by atoms with Gasteiger partial charge in [-0.05, 0) is 51.4 Å². The fourth-order valence-corrected chi connectivity index (χ4v) is 19.0. The first-order chi connectivity index (χ1) is 66.7. The van der Waals surface area contributed by atoms with Gasteiger partial charge in [0, 0.05) is 19.3 Å². The minimum absolute atomic E-state index is 0.0283. The highest BCUT2D eigenvalue weighted by Gasteiger charge is 2.63. The largest absolute Gasteiger partial charge is 0.477 e. The number of hydrogen-bond acceptors (Lipinski definition) is 34. The summed E-state index contributed by atoms with van der Waals surface area (Å²) in [4.78, 5) is 159. The van der Waals surface area contributed by atoms with Crippen molar-refractivity contribution >= 4 is 63.3 Å². The van der Waals surface area contributed by atoms with Crippen LogP contribution in [0.25, 0.3) is 0 Å². The molecule has 2 amide bonds. The summed E-state index contributed by atoms with van der Waals surface area (Å²) in [6.45, 7) is 6.76. The number of aliphatic hydroxyl groups is 11. The van der Waals surface area contributed by atoms with Gasteiger partial charge in [-0.1, -0.05) is 286 Å². The summed E-state index contributed by atoms with van der Waals surface area (Å²) in [6, 6.07) is -4.52. The Bertz CT molecular complexity index is 3540. The minimum Gasteiger partial charge on any atom is -0.477 e. The molecule has 140 heavy (non-hydrogen) atoms. The van der Waals surface area contributed by atoms with Gasteiger partial charge in [0.2, 0.25) is 11.8 Å². The predicted octanol–water partition coefficient (Wildman–Crippen LogP) is 9.45. The molecule has 0 aromatic heterocycles. The molecule has 818 valence electrons. The molecule has 4 fully saturated rings. The molecule has 4 rings (SSSR count). The number of esters is 4. The van der Waals surface area contributed by atoms with Crippen LogP contribution in [0.1, 0.15) is 382 Å². The van der Waals surface area contributed by atoms with Gasteiger partial charge < -0.3 is 149 Å². The molecular formula is C96H174N2O40P2. The summed E-state index contributed by atoms with van der Waals surface area (Å²) in [5, 5.41) is 151. The molecule has 0 aliphatic carbocycles. The van der Waals surface area contributed by atoms with Gasteiger partial charge >= 0.3 is 51.5 Å². The lowest BCUT2D eigenvalue weighted by molar-refractivity contribution is -0.378. The van der Waals surface area contributed by atoms with E-state index in [0.717, 1.165) is 186 Å². The summed E-state index contributed by atoms with van der Waals surface area (Å²) in [7, 11) is -12.1. The molecular weight excluding hydrogens is 1880 g/mol. The average molecular weight is 2060 g/mol. The normalized spacial score (nSPS) is 26.6. The van der Waals surface area contributed by atoms with Crippen LogP contribution in [0.3, 0.4) is 0 Å². The van der Waals surface area contributed by atoms with Crippen LogP contribution in [0.4, 0.5) is 0 Å². The van der Waals surface area contributed by atoms with Crippen molar-refractivity contribution < 1.29 is 195 Å². The Morgan fingerprint density at radius 3 is 1.21 bits per heavy atom. The Kier molecular flexibility index (Phi) is 64.0. The second kappa shape index (κ2) is 70.2. The van der Waals surface area contributed by atoms with E-state index in [0.29, 0.717) is 77.0 Å². The monoisotopic (exact) mass is 2060 g/mol. The lowest BCUT2D eigenvalue weighted by atomic mass is 9.90. The van der Waals surface area contributed by atoms with Crippen LogP contribution in [0.5, 0.6) is 0 Å². The number of carboxylic acid groups (broad SMARTS) is 2. The molecule has 0 bridgehead atoms. The second-order valence-electron chi connectivity index (χ2n) is 38.2. The van der Waals surface area contributed by atoms with Gasteiger partial charge in [0.25, 0.3) is 11.6 Å². The summed E-state index contributed by atoms with van der Waals surface area (Å²) < 4.78 is 104. The van der Waals surface area contributed by atoms with Gasteiger partial charge in [-0.2, -0.15) is 0 Å². The van der Waals surface area contributed by atoms with Crippen LogP contribution in [0, 0.1) is 0 Å². The van der Waals surface area contributed by atoms with E-state index in [-0.39, 0.29) is 38.5 Å². The van der Waals surface area contributed by atoms with Crippen molar-refractivity contribution in [3.05, 3.63) is 0 Å². The highest BCUT2D eigenvalue weighted by Crippen LogP contribution is 2.47. The number of nitrogens with one attached hydrogen (secondary N) is 2. The number of phosphoric ester groups is 2. The number of carbonyl (C=O) groups is 8. The third-order valence-electron chi connectivity index (χ3n) is 25.9. The fourth-order valence-electron chi connectivity index (χ4n) is 17.9. The number of aliphatic carboxylic acids is 2. The summed E-state index contributed by atoms with van der Waals surface area (Å²) >= 11 is 0. The summed E-state index contributed by atoms with van der Waals surface area (Å²) in [6.07, 6.45) is -17.9. The molecule has 0 unspecified atom stereocenters. The Morgan fingerprint density at radius 2 is 0.779 bits per heavy atom. The Hall–Kier alpha value is -4.74. The third-order valence-corrected chi connectivity index (χ3v) is 26.9. The molecule has 0 spiro atoms. The number of aliphatic hydroxyl groups excluding tert-OH is 11. The average Bonchev–Trinajstić information content (AvgIpc) is 0.749. The summed E-state index contributed by atoms with van der Waals surface area (Å²) in [5.74, 6) is -18.0. The molecule has 44 heteroatoms. The fraction of sp³-hybridized carbons (Fsp3) is 0.917. The molecule has 19 N–H and O–H groups in total. The molecule has 0 radical (unpaired) electrons. The van der Waals surface area contributed by atoms with E-state index < -0.39 is 280 Å². The number of rotatable bonds is 80. The smallest absolute Gasteiger partial charge is 0.472 e. The maximum Gasteiger partial charge on any atom is 0.472 e. The first kappa shape index (κ1) is 128. The molecule has 42 nitrogen and oxygen atoms in total. The number of carboxylic acids is 2. The molecule has 4 heterocycles. The number of phosphoric acid groups is 2. The Morgan fingerprint density at radius 1 is 0.400 bits per heavy atom. The number of ether oxygens (including phenoxy) is 11. The number of amides is 2. The zero-order valence-corrected chi connectivity index (χ0v) is 85.3. The highest BCUT2D eigenvalue weighted by molar-refractivity contribution is 7.46. The molecule has 4 aliphatic rings. The van der Waals surface area contributed by atoms with Crippen LogP contribution in [0.2, 0.25) is 0 Å². The number of carbonyl (C=O) groups excluding carboxylic acids is 6. The predicted molar refractivity (Wildman–Crippen MR) is 505 cm³/mol. The second-order valence-corrected chi connectivity index (χ2v) is 40.6. The van der Waals surface area contributed by atoms with Gasteiger partial charge in [-0.15, -0.1) is 0 Å². The SMILES string of the molecule is CCCCCCCCCCCC(=O)O[C@H](CCCCCCCCC)CC(=O)N[C@H]1[C@H](OC[C@H]2O[C@H](OP(=O)(O)O)[C@H](NC(=O)C[C@@H](CCCCCCCCC)OC(=O)[C@@H](O)CCCCCCCCCC)[C@@H](OC(=O)C[C@H](O)CCCCCCC)[C@@H]2O)O[C@H](CO[C@]2(C(=O)O)C[C@@H](O[C@]3(C(=O)O)C[C@@H](O)[C@@H](O)[C@@H]([C@H](O)CO)O3)[C@@H](O)[C@@H]([C@H](O)CO)O2)[C@@H](OP(=O)(O)O)[C@@H]1OC(=O)C[C@H](O)CCCCCCC. The van der Waals surface area contributed by atoms with Gasteiger partial charge in [0.1, 0.15) is 85.3 Å². The standard InChI is InChI=1S/C96H174N2O40P2/c1-7-13-19-25-29-31-35-41-47-53-77(109)128-66(50-44-38-32-27-21-15-9-3)56-75(107)98-81-89(133-79(111)55-65(102)49-43-37-24-18-12-6)87(137-139(120,121)122)74(63-127-95(93(116)117)59-72(83(113)86(135-95)71(106)61-100)134-96(94(118)119)58-69(104)82(112)85(136-96)70(105)60-99)131-91(81)126-62-73-84(114)88(132-78(110)54-64(101)48-42-36-23-17-11-5)80(92(130-73)138-140(123,124)125)97-76(108)57-67(51-45-39-33-28-22-16-10-4)129-90(115)68(103)52-46-40-34-30-26-20-14-8-2/h64-74,80-89,91-92,99-106,112-114H,7-63H2,1-6H3,(H,97,108)(H,98,107)(H,116,117)(H,118,119)(H2,120,121,122)(H2,123,124,125)/t64-,65-,66-,67-,68+,69-,70-,71-,72-,73-,74-,80-,81-,82-,83-,84-,85-,86-,87-,88-,89-,91-,92-,95-,96-/m1/s1. The summed E-state index contributed by atoms with van der Waals surface area (Å²) in [5.41, 5.74) is 0. The van der Waals surface area contributed by atoms with Crippen LogP contribution < -0.4 is 10.6 Å². The van der Waals surface area contributed by atoms with Gasteiger partial charge in [-0.3, -0.25) is 33.0 Å². The quantitative estimate of drug-likeness (QED) is 0.0117. The van der Waals surface area contributed by atoms with E-state index in [4.69, 9.17) is 61.2 Å². The molecule has 0 saturated carbocycles. The third kappa shape index (κ3) is 48.9. The van der Waals surface area contributed by atoms with E-state index in [1.54, 1.807) is 0 Å². The van der Waals surface area contributed by atoms with Crippen molar-refractivity contribution in [2.75, 3.05) is 26.4 Å². The highest BCUT2D eigenvalue weighted by atomic mass is 31.2. The van der Waals surface area contributed by atoms with Crippen LogP contribution in [-0.4, -0.2) is 312 Å². The van der Waals surface area contributed by atoms with Gasteiger partial charge in [0.15, 0.2) is 30.9 Å². The molecule has 0 aromatic carbocycles. The van der Waals surface area contributed by atoms with Crippen LogP contribution in [-0.2, 0) is 109 Å². The first-order valence-corrected chi connectivity index (χ1v) is 55.0. The number of unbranched alkanes of at least 4 members (excludes halogenated alkanes) is 35. The van der Waals surface area contributed by atoms with E-state index in [1.807, 2.05) is 13.8 Å². The zero-order chi connectivity index (χ0) is 104. The van der Waals surface area contributed by atoms with Gasteiger partial charge in [0.05, 0.1) is 76.5 Å². The minimum atomic E-state index is -6.17. The van der Waals surface area contributed by atoms with E-state index in [2.05, 4.69) is 38.3 Å². The van der Waals surface area contributed by atoms with E-state index in [9.17, 15) is 129 Å². The maximum absolute atomic E-state index is 15.5. The van der Waals surface area contributed by atoms with Crippen LogP contribution in [0.15, 0.2) is 0 Å². The van der Waals surface area contributed by atoms with Crippen molar-refractivity contribution in [2.24, 2.45) is 0 Å². The molecule has 4 saturated heterocycles. The Labute approximate surface area is 825 Å². The maximum atomic E-state index is 15.5. The van der Waals surface area contributed by atoms with E-state index >= 15 is 4.79 Å². The van der Waals surface area contributed by atoms with Crippen molar-refractivity contribution in [2.45, 2.75) is 534 Å². The lowest BCUT2D eigenvalue weighted by Crippen LogP contribution is -2.69. The molecule has 4 aliphatic heterocycles. The zero-order valence-electron chi connectivity index (χ0n) is 83.5. The first-order valence-electron chi connectivity index (χ1n) is 52.0. The topological polar surface area (TPSA) is 659 Å². The van der Waals surface area contributed by atoms with Crippen molar-refractivity contribution in [3.8, 4) is 0 Å². The lowest BCUT2D eigenvalue weighted by Gasteiger charge is -2.50. The number of hydrogen-bond donors (Lipinski definition) is 19. The Balaban J connectivity index is 2.06. The van der Waals surface area contributed by atoms with Crippen LogP contribution >= 0.6 is 15.6 Å². The molecule has 25 atom stereocenters. The van der Waals surface area contributed by atoms with Crippen molar-refractivity contribution in [1.82, 2.24) is 10.6 Å². The van der Waals surface area contributed by atoms with E-state index in [1.165, 1.54) is 0 Å². The van der Waals surface area contributed by atoms with Crippen molar-refractivity contribution in [1.29, 1.82) is 0 Å². The molecule has 0 aromatic rings. The van der Waals surface area contributed by atoms with Gasteiger partial charge in [-0.25, -0.2) is 23.5 Å². The van der Waals surface area contributed by atoms with Crippen molar-refractivity contribution in [3.63, 3.8) is 0 Å².